The van der Waals surface area contributed by atoms with E-state index in [2.05, 4.69) is 4.72 Å². The van der Waals surface area contributed by atoms with Crippen molar-refractivity contribution in [3.8, 4) is 5.75 Å². The Labute approximate surface area is 172 Å². The largest absolute Gasteiger partial charge is 0.495 e. The van der Waals surface area contributed by atoms with Crippen LogP contribution in [-0.4, -0.2) is 56.0 Å². The van der Waals surface area contributed by atoms with Crippen LogP contribution < -0.4 is 9.46 Å². The number of nitrogens with zero attached hydrogens (tertiary/aromatic N) is 1. The molecule has 29 heavy (non-hydrogen) atoms. The molecule has 8 nitrogen and oxygen atoms in total. The molecule has 0 fully saturated rings. The lowest BCUT2D eigenvalue weighted by Gasteiger charge is -2.22. The summed E-state index contributed by atoms with van der Waals surface area (Å²) in [6.45, 7) is 8.94. The predicted molar refractivity (Wildman–Crippen MR) is 111 cm³/mol. The number of carbonyl (C=O) groups is 2. The zero-order valence-electron chi connectivity index (χ0n) is 17.7. The minimum atomic E-state index is -3.84. The van der Waals surface area contributed by atoms with Gasteiger partial charge < -0.3 is 14.7 Å². The Hall–Kier alpha value is -2.39. The normalized spacial score (nSPS) is 13.3. The molecule has 1 aromatic carbocycles. The van der Waals surface area contributed by atoms with E-state index in [4.69, 9.17) is 9.84 Å². The molecule has 1 atom stereocenters. The van der Waals surface area contributed by atoms with E-state index in [-0.39, 0.29) is 23.1 Å². The number of likely N-dealkylation sites (N-methyl/N-ethyl adjacent to an activating group) is 1. The average molecular weight is 427 g/mol. The van der Waals surface area contributed by atoms with Crippen LogP contribution in [0, 0.1) is 5.92 Å². The first kappa shape index (κ1) is 24.6. The third-order valence-electron chi connectivity index (χ3n) is 3.95. The summed E-state index contributed by atoms with van der Waals surface area (Å²) < 4.78 is 33.2. The fraction of sp³-hybridized carbons (Fsp3) is 0.500. The van der Waals surface area contributed by atoms with Crippen molar-refractivity contribution in [1.29, 1.82) is 0 Å². The fourth-order valence-electron chi connectivity index (χ4n) is 2.52. The predicted octanol–water partition coefficient (Wildman–Crippen LogP) is 2.35. The molecule has 0 bridgehead atoms. The highest BCUT2D eigenvalue weighted by molar-refractivity contribution is 7.89. The summed E-state index contributed by atoms with van der Waals surface area (Å²) in [7, 11) is -2.46. The van der Waals surface area contributed by atoms with E-state index in [0.29, 0.717) is 12.1 Å². The molecule has 0 aromatic heterocycles. The smallest absolute Gasteiger partial charge is 0.308 e. The van der Waals surface area contributed by atoms with Gasteiger partial charge in [0.25, 0.3) is 0 Å². The molecule has 0 aliphatic rings. The molecule has 162 valence electrons. The number of amides is 1. The summed E-state index contributed by atoms with van der Waals surface area (Å²) in [5, 5.41) is 9.02. The van der Waals surface area contributed by atoms with E-state index in [0.717, 1.165) is 0 Å². The van der Waals surface area contributed by atoms with Crippen molar-refractivity contribution in [2.75, 3.05) is 20.2 Å². The van der Waals surface area contributed by atoms with Gasteiger partial charge in [-0.25, -0.2) is 13.1 Å². The van der Waals surface area contributed by atoms with Gasteiger partial charge in [-0.2, -0.15) is 0 Å². The molecule has 1 rings (SSSR count). The average Bonchev–Trinajstić information content (AvgIpc) is 2.61. The summed E-state index contributed by atoms with van der Waals surface area (Å²) >= 11 is 0. The van der Waals surface area contributed by atoms with Crippen LogP contribution in [0.2, 0.25) is 0 Å². The number of ether oxygens (including phenoxy) is 1. The SMILES string of the molecule is CCN(CC(C)C(=O)O)C(=O)/C=C/c1ccc(OC)c(S(=O)(=O)NC(C)(C)C)c1. The lowest BCUT2D eigenvalue weighted by atomic mass is 10.1. The monoisotopic (exact) mass is 426 g/mol. The van der Waals surface area contributed by atoms with Gasteiger partial charge in [-0.15, -0.1) is 0 Å². The number of sulfonamides is 1. The Balaban J connectivity index is 3.14. The number of carbonyl (C=O) groups excluding carboxylic acids is 1. The number of hydrogen-bond acceptors (Lipinski definition) is 5. The minimum absolute atomic E-state index is 0.0311. The van der Waals surface area contributed by atoms with Crippen LogP contribution in [0.3, 0.4) is 0 Å². The van der Waals surface area contributed by atoms with Crippen LogP contribution in [0.1, 0.15) is 40.2 Å². The Morgan fingerprint density at radius 3 is 2.41 bits per heavy atom. The molecular formula is C20H30N2O6S. The number of aliphatic carboxylic acids is 1. The van der Waals surface area contributed by atoms with Gasteiger partial charge in [0, 0.05) is 24.7 Å². The number of methoxy groups -OCH3 is 1. The van der Waals surface area contributed by atoms with E-state index < -0.39 is 27.4 Å². The van der Waals surface area contributed by atoms with Gasteiger partial charge in [0.05, 0.1) is 13.0 Å². The molecule has 2 N–H and O–H groups in total. The lowest BCUT2D eigenvalue weighted by Crippen LogP contribution is -2.40. The Kier molecular flexibility index (Phi) is 8.40. The summed E-state index contributed by atoms with van der Waals surface area (Å²) in [5.74, 6) is -1.82. The van der Waals surface area contributed by atoms with Gasteiger partial charge in [0.2, 0.25) is 15.9 Å². The fourth-order valence-corrected chi connectivity index (χ4v) is 4.15. The maximum atomic E-state index is 12.7. The minimum Gasteiger partial charge on any atom is -0.495 e. The molecular weight excluding hydrogens is 396 g/mol. The van der Waals surface area contributed by atoms with Crippen molar-refractivity contribution in [2.45, 2.75) is 45.1 Å². The van der Waals surface area contributed by atoms with E-state index in [1.807, 2.05) is 0 Å². The highest BCUT2D eigenvalue weighted by Gasteiger charge is 2.25. The highest BCUT2D eigenvalue weighted by atomic mass is 32.2. The summed E-state index contributed by atoms with van der Waals surface area (Å²) in [4.78, 5) is 24.8. The standard InChI is InChI=1S/C20H30N2O6S/c1-7-22(13-14(2)19(24)25)18(23)11-9-15-8-10-16(28-6)17(12-15)29(26,27)21-20(3,4)5/h8-12,14,21H,7,13H2,1-6H3,(H,24,25)/b11-9+. The first-order valence-electron chi connectivity index (χ1n) is 9.22. The lowest BCUT2D eigenvalue weighted by molar-refractivity contribution is -0.142. The van der Waals surface area contributed by atoms with Crippen molar-refractivity contribution in [1.82, 2.24) is 9.62 Å². The second-order valence-corrected chi connectivity index (χ2v) is 9.37. The van der Waals surface area contributed by atoms with Crippen LogP contribution in [0.4, 0.5) is 0 Å². The van der Waals surface area contributed by atoms with Gasteiger partial charge in [0.1, 0.15) is 10.6 Å². The van der Waals surface area contributed by atoms with Crippen molar-refractivity contribution in [2.24, 2.45) is 5.92 Å². The maximum Gasteiger partial charge on any atom is 0.308 e. The molecule has 1 unspecified atom stereocenters. The maximum absolute atomic E-state index is 12.7. The van der Waals surface area contributed by atoms with Crippen LogP contribution in [-0.2, 0) is 19.6 Å². The van der Waals surface area contributed by atoms with Crippen LogP contribution >= 0.6 is 0 Å². The zero-order valence-corrected chi connectivity index (χ0v) is 18.5. The Bertz CT molecular complexity index is 871. The number of rotatable bonds is 9. The second-order valence-electron chi connectivity index (χ2n) is 7.72. The van der Waals surface area contributed by atoms with Crippen LogP contribution in [0.15, 0.2) is 29.2 Å². The first-order chi connectivity index (χ1) is 13.3. The molecule has 0 heterocycles. The van der Waals surface area contributed by atoms with Crippen LogP contribution in [0.25, 0.3) is 6.08 Å². The molecule has 1 amide bonds. The van der Waals surface area contributed by atoms with Gasteiger partial charge >= 0.3 is 5.97 Å². The zero-order chi connectivity index (χ0) is 22.4. The molecule has 0 radical (unpaired) electrons. The van der Waals surface area contributed by atoms with E-state index in [9.17, 15) is 18.0 Å². The Morgan fingerprint density at radius 2 is 1.93 bits per heavy atom. The molecule has 0 saturated carbocycles. The third-order valence-corrected chi connectivity index (χ3v) is 5.72. The highest BCUT2D eigenvalue weighted by Crippen LogP contribution is 2.26. The molecule has 0 saturated heterocycles. The van der Waals surface area contributed by atoms with Crippen molar-refractivity contribution >= 4 is 28.0 Å². The van der Waals surface area contributed by atoms with E-state index >= 15 is 0 Å². The number of carboxylic acid groups (broad SMARTS) is 1. The number of carboxylic acids is 1. The molecule has 0 aliphatic carbocycles. The van der Waals surface area contributed by atoms with E-state index in [1.54, 1.807) is 33.8 Å². The summed E-state index contributed by atoms with van der Waals surface area (Å²) in [6.07, 6.45) is 2.79. The van der Waals surface area contributed by atoms with Crippen LogP contribution in [0.5, 0.6) is 5.75 Å². The van der Waals surface area contributed by atoms with Crippen molar-refractivity contribution in [3.63, 3.8) is 0 Å². The van der Waals surface area contributed by atoms with E-state index in [1.165, 1.54) is 43.2 Å². The van der Waals surface area contributed by atoms with Gasteiger partial charge in [0.15, 0.2) is 0 Å². The van der Waals surface area contributed by atoms with Gasteiger partial charge in [-0.05, 0) is 51.5 Å². The third kappa shape index (κ3) is 7.51. The summed E-state index contributed by atoms with van der Waals surface area (Å²) in [5.41, 5.74) is -0.176. The van der Waals surface area contributed by atoms with Crippen molar-refractivity contribution in [3.05, 3.63) is 29.8 Å². The number of benzene rings is 1. The first-order valence-corrected chi connectivity index (χ1v) is 10.7. The molecule has 0 spiro atoms. The number of nitrogens with one attached hydrogen (secondary N) is 1. The molecule has 0 aliphatic heterocycles. The number of hydrogen-bond donors (Lipinski definition) is 2. The summed E-state index contributed by atoms with van der Waals surface area (Å²) in [6, 6.07) is 4.58. The molecule has 9 heteroatoms. The van der Waals surface area contributed by atoms with Crippen molar-refractivity contribution < 1.29 is 27.9 Å². The quantitative estimate of drug-likeness (QED) is 0.586. The van der Waals surface area contributed by atoms with Gasteiger partial charge in [-0.3, -0.25) is 9.59 Å². The topological polar surface area (TPSA) is 113 Å². The second kappa shape index (κ2) is 9.89. The van der Waals surface area contributed by atoms with Gasteiger partial charge in [-0.1, -0.05) is 13.0 Å². The molecule has 1 aromatic rings. The Morgan fingerprint density at radius 1 is 1.31 bits per heavy atom.